The predicted octanol–water partition coefficient (Wildman–Crippen LogP) is 1.37. The second-order valence-electron chi connectivity index (χ2n) is 4.61. The molecule has 0 heterocycles. The van der Waals surface area contributed by atoms with Gasteiger partial charge in [-0.05, 0) is 25.7 Å². The van der Waals surface area contributed by atoms with Crippen molar-refractivity contribution in [1.29, 1.82) is 0 Å². The molecule has 0 bridgehead atoms. The van der Waals surface area contributed by atoms with Gasteiger partial charge in [0.05, 0.1) is 12.1 Å². The lowest BCUT2D eigenvalue weighted by Crippen LogP contribution is -2.46. The van der Waals surface area contributed by atoms with Gasteiger partial charge in [0.25, 0.3) is 0 Å². The van der Waals surface area contributed by atoms with Crippen molar-refractivity contribution < 1.29 is 9.90 Å². The van der Waals surface area contributed by atoms with E-state index in [0.29, 0.717) is 0 Å². The second kappa shape index (κ2) is 4.79. The number of aliphatic hydroxyl groups excluding tert-OH is 1. The van der Waals surface area contributed by atoms with E-state index in [-0.39, 0.29) is 24.0 Å². The van der Waals surface area contributed by atoms with Gasteiger partial charge in [-0.2, -0.15) is 0 Å². The first-order chi connectivity index (χ1) is 7.27. The standard InChI is InChI=1S/C12H19NO2/c14-11-8-4-3-7-10(11)13-12(15)9-5-1-2-6-9/h1-2,9-11,14H,3-8H2,(H,13,15). The summed E-state index contributed by atoms with van der Waals surface area (Å²) in [5, 5.41) is 12.7. The fourth-order valence-electron chi connectivity index (χ4n) is 2.41. The molecule has 2 atom stereocenters. The summed E-state index contributed by atoms with van der Waals surface area (Å²) < 4.78 is 0. The van der Waals surface area contributed by atoms with Gasteiger partial charge >= 0.3 is 0 Å². The number of aliphatic hydroxyl groups is 1. The van der Waals surface area contributed by atoms with Crippen molar-refractivity contribution in [3.05, 3.63) is 12.2 Å². The number of carbonyl (C=O) groups is 1. The average Bonchev–Trinajstić information content (AvgIpc) is 2.74. The molecule has 2 unspecified atom stereocenters. The van der Waals surface area contributed by atoms with Crippen molar-refractivity contribution in [1.82, 2.24) is 5.32 Å². The van der Waals surface area contributed by atoms with Crippen LogP contribution in [0.2, 0.25) is 0 Å². The fraction of sp³-hybridized carbons (Fsp3) is 0.750. The average molecular weight is 209 g/mol. The summed E-state index contributed by atoms with van der Waals surface area (Å²) in [6.07, 6.45) is 9.44. The minimum absolute atomic E-state index is 0.00755. The Bertz CT molecular complexity index is 254. The molecule has 0 radical (unpaired) electrons. The van der Waals surface area contributed by atoms with Crippen molar-refractivity contribution in [2.24, 2.45) is 5.92 Å². The van der Waals surface area contributed by atoms with Gasteiger partial charge in [0, 0.05) is 5.92 Å². The Morgan fingerprint density at radius 2 is 1.87 bits per heavy atom. The maximum absolute atomic E-state index is 11.8. The van der Waals surface area contributed by atoms with Crippen molar-refractivity contribution in [3.8, 4) is 0 Å². The third kappa shape index (κ3) is 2.59. The molecule has 2 N–H and O–H groups in total. The van der Waals surface area contributed by atoms with Gasteiger partial charge in [0.2, 0.25) is 5.91 Å². The van der Waals surface area contributed by atoms with Crippen molar-refractivity contribution in [3.63, 3.8) is 0 Å². The molecule has 0 aromatic carbocycles. The van der Waals surface area contributed by atoms with E-state index in [1.54, 1.807) is 0 Å². The van der Waals surface area contributed by atoms with Crippen LogP contribution in [0.15, 0.2) is 12.2 Å². The SMILES string of the molecule is O=C(NC1CCCCC1O)C1CC=CC1. The lowest BCUT2D eigenvalue weighted by atomic mass is 9.92. The molecule has 2 rings (SSSR count). The number of nitrogens with one attached hydrogen (secondary N) is 1. The molecule has 2 aliphatic rings. The highest BCUT2D eigenvalue weighted by molar-refractivity contribution is 5.79. The van der Waals surface area contributed by atoms with Crippen LogP contribution >= 0.6 is 0 Å². The van der Waals surface area contributed by atoms with Crippen LogP contribution in [0.3, 0.4) is 0 Å². The Kier molecular flexibility index (Phi) is 3.41. The Labute approximate surface area is 90.6 Å². The molecule has 0 spiro atoms. The molecule has 0 aromatic rings. The van der Waals surface area contributed by atoms with Crippen LogP contribution in [0.1, 0.15) is 38.5 Å². The molecule has 15 heavy (non-hydrogen) atoms. The van der Waals surface area contributed by atoms with Gasteiger partial charge in [-0.1, -0.05) is 25.0 Å². The molecule has 1 amide bonds. The van der Waals surface area contributed by atoms with Crippen LogP contribution in [0.25, 0.3) is 0 Å². The number of rotatable bonds is 2. The first-order valence-electron chi connectivity index (χ1n) is 5.91. The van der Waals surface area contributed by atoms with E-state index in [9.17, 15) is 9.90 Å². The van der Waals surface area contributed by atoms with E-state index >= 15 is 0 Å². The maximum atomic E-state index is 11.8. The summed E-state index contributed by atoms with van der Waals surface area (Å²) in [4.78, 5) is 11.8. The van der Waals surface area contributed by atoms with E-state index in [4.69, 9.17) is 0 Å². The van der Waals surface area contributed by atoms with Crippen LogP contribution < -0.4 is 5.32 Å². The number of hydrogen-bond acceptors (Lipinski definition) is 2. The molecule has 0 aromatic heterocycles. The van der Waals surface area contributed by atoms with Crippen molar-refractivity contribution >= 4 is 5.91 Å². The molecular formula is C12H19NO2. The monoisotopic (exact) mass is 209 g/mol. The molecular weight excluding hydrogens is 190 g/mol. The molecule has 3 heteroatoms. The third-order valence-electron chi connectivity index (χ3n) is 3.44. The summed E-state index contributed by atoms with van der Waals surface area (Å²) in [6, 6.07) is -0.00755. The van der Waals surface area contributed by atoms with Crippen LogP contribution in [-0.2, 0) is 4.79 Å². The highest BCUT2D eigenvalue weighted by Crippen LogP contribution is 2.21. The first-order valence-corrected chi connectivity index (χ1v) is 5.91. The number of amides is 1. The van der Waals surface area contributed by atoms with Gasteiger partial charge < -0.3 is 10.4 Å². The Balaban J connectivity index is 1.82. The van der Waals surface area contributed by atoms with Gasteiger partial charge in [-0.3, -0.25) is 4.79 Å². The topological polar surface area (TPSA) is 49.3 Å². The smallest absolute Gasteiger partial charge is 0.224 e. The van der Waals surface area contributed by atoms with Crippen molar-refractivity contribution in [2.75, 3.05) is 0 Å². The largest absolute Gasteiger partial charge is 0.391 e. The molecule has 0 saturated heterocycles. The summed E-state index contributed by atoms with van der Waals surface area (Å²) in [5.41, 5.74) is 0. The molecule has 2 aliphatic carbocycles. The molecule has 0 aliphatic heterocycles. The Morgan fingerprint density at radius 1 is 1.20 bits per heavy atom. The number of allylic oxidation sites excluding steroid dienone is 2. The van der Waals surface area contributed by atoms with E-state index in [2.05, 4.69) is 17.5 Å². The molecule has 84 valence electrons. The summed E-state index contributed by atoms with van der Waals surface area (Å²) in [7, 11) is 0. The van der Waals surface area contributed by atoms with Gasteiger partial charge in [0.15, 0.2) is 0 Å². The number of carbonyl (C=O) groups excluding carboxylic acids is 1. The molecule has 1 fully saturated rings. The first kappa shape index (κ1) is 10.7. The van der Waals surface area contributed by atoms with Crippen molar-refractivity contribution in [2.45, 2.75) is 50.7 Å². The summed E-state index contributed by atoms with van der Waals surface area (Å²) in [6.45, 7) is 0. The fourth-order valence-corrected chi connectivity index (χ4v) is 2.41. The zero-order valence-electron chi connectivity index (χ0n) is 8.98. The van der Waals surface area contributed by atoms with E-state index in [1.807, 2.05) is 0 Å². The van der Waals surface area contributed by atoms with Gasteiger partial charge in [-0.15, -0.1) is 0 Å². The zero-order chi connectivity index (χ0) is 10.7. The normalized spacial score (nSPS) is 31.8. The summed E-state index contributed by atoms with van der Waals surface area (Å²) >= 11 is 0. The maximum Gasteiger partial charge on any atom is 0.224 e. The van der Waals surface area contributed by atoms with Crippen LogP contribution in [0.5, 0.6) is 0 Å². The highest BCUT2D eigenvalue weighted by atomic mass is 16.3. The molecule has 1 saturated carbocycles. The predicted molar refractivity (Wildman–Crippen MR) is 58.3 cm³/mol. The Morgan fingerprint density at radius 3 is 2.53 bits per heavy atom. The minimum atomic E-state index is -0.336. The van der Waals surface area contributed by atoms with Crippen LogP contribution in [0.4, 0.5) is 0 Å². The third-order valence-corrected chi connectivity index (χ3v) is 3.44. The van der Waals surface area contributed by atoms with Crippen LogP contribution in [-0.4, -0.2) is 23.2 Å². The minimum Gasteiger partial charge on any atom is -0.391 e. The van der Waals surface area contributed by atoms with Gasteiger partial charge in [-0.25, -0.2) is 0 Å². The van der Waals surface area contributed by atoms with Crippen LogP contribution in [0, 0.1) is 5.92 Å². The lowest BCUT2D eigenvalue weighted by molar-refractivity contribution is -0.126. The zero-order valence-corrected chi connectivity index (χ0v) is 8.98. The molecule has 3 nitrogen and oxygen atoms in total. The number of hydrogen-bond donors (Lipinski definition) is 2. The van der Waals surface area contributed by atoms with Gasteiger partial charge in [0.1, 0.15) is 0 Å². The van der Waals surface area contributed by atoms with E-state index < -0.39 is 0 Å². The second-order valence-corrected chi connectivity index (χ2v) is 4.61. The van der Waals surface area contributed by atoms with E-state index in [0.717, 1.165) is 38.5 Å². The lowest BCUT2D eigenvalue weighted by Gasteiger charge is -2.29. The quantitative estimate of drug-likeness (QED) is 0.675. The van der Waals surface area contributed by atoms with E-state index in [1.165, 1.54) is 0 Å². The Hall–Kier alpha value is -0.830. The highest BCUT2D eigenvalue weighted by Gasteiger charge is 2.27. The summed E-state index contributed by atoms with van der Waals surface area (Å²) in [5.74, 6) is 0.227.